The van der Waals surface area contributed by atoms with Gasteiger partial charge in [0, 0.05) is 16.3 Å². The van der Waals surface area contributed by atoms with Gasteiger partial charge in [-0.25, -0.2) is 0 Å². The molecular weight excluding hydrogens is 230 g/mol. The van der Waals surface area contributed by atoms with Crippen molar-refractivity contribution in [3.8, 4) is 0 Å². The van der Waals surface area contributed by atoms with Crippen LogP contribution in [0.25, 0.3) is 0 Å². The second kappa shape index (κ2) is 5.64. The molecule has 2 nitrogen and oxygen atoms in total. The molecule has 17 heavy (non-hydrogen) atoms. The number of anilines is 1. The molecule has 2 N–H and O–H groups in total. The third kappa shape index (κ3) is 3.17. The Labute approximate surface area is 104 Å². The average molecular weight is 245 g/mol. The fraction of sp³-hybridized carbons (Fsp3) is 0.143. The fourth-order valence-corrected chi connectivity index (χ4v) is 2.76. The summed E-state index contributed by atoms with van der Waals surface area (Å²) in [6.07, 6.45) is 0.744. The summed E-state index contributed by atoms with van der Waals surface area (Å²) in [6.45, 7) is 0. The van der Waals surface area contributed by atoms with Crippen molar-refractivity contribution in [1.82, 2.24) is 0 Å². The molecule has 0 bridgehead atoms. The van der Waals surface area contributed by atoms with Crippen molar-refractivity contribution < 1.29 is 4.21 Å². The Morgan fingerprint density at radius 1 is 0.941 bits per heavy atom. The van der Waals surface area contributed by atoms with E-state index in [9.17, 15) is 4.21 Å². The highest BCUT2D eigenvalue weighted by Gasteiger charge is 2.04. The lowest BCUT2D eigenvalue weighted by Gasteiger charge is -2.05. The molecule has 2 aromatic rings. The summed E-state index contributed by atoms with van der Waals surface area (Å²) < 4.78 is 12.0. The number of benzene rings is 2. The Bertz CT molecular complexity index is 511. The molecule has 0 spiro atoms. The van der Waals surface area contributed by atoms with Crippen LogP contribution >= 0.6 is 0 Å². The van der Waals surface area contributed by atoms with Gasteiger partial charge in [0.15, 0.2) is 0 Å². The van der Waals surface area contributed by atoms with E-state index >= 15 is 0 Å². The standard InChI is InChI=1S/C14H15NOS/c15-14-9-5-4-6-12(14)10-11-17(16)13-7-2-1-3-8-13/h1-9H,10-11,15H2. The number of para-hydroxylation sites is 1. The molecular formula is C14H15NOS. The van der Waals surface area contributed by atoms with Gasteiger partial charge >= 0.3 is 0 Å². The van der Waals surface area contributed by atoms with Crippen LogP contribution in [0.5, 0.6) is 0 Å². The minimum absolute atomic E-state index is 0.609. The summed E-state index contributed by atoms with van der Waals surface area (Å²) >= 11 is 0. The molecule has 0 saturated heterocycles. The van der Waals surface area contributed by atoms with Crippen LogP contribution in [-0.2, 0) is 17.2 Å². The molecule has 3 heteroatoms. The van der Waals surface area contributed by atoms with Gasteiger partial charge in [-0.3, -0.25) is 4.21 Å². The Morgan fingerprint density at radius 3 is 2.29 bits per heavy atom. The smallest absolute Gasteiger partial charge is 0.0532 e. The first-order chi connectivity index (χ1) is 8.27. The van der Waals surface area contributed by atoms with Gasteiger partial charge in [0.2, 0.25) is 0 Å². The van der Waals surface area contributed by atoms with Gasteiger partial charge in [0.1, 0.15) is 0 Å². The van der Waals surface area contributed by atoms with Gasteiger partial charge in [0.05, 0.1) is 10.8 Å². The molecule has 0 aliphatic carbocycles. The van der Waals surface area contributed by atoms with Crippen LogP contribution in [0.4, 0.5) is 5.69 Å². The fourth-order valence-electron chi connectivity index (χ4n) is 1.65. The molecule has 2 aromatic carbocycles. The van der Waals surface area contributed by atoms with Gasteiger partial charge in [0.25, 0.3) is 0 Å². The molecule has 0 fully saturated rings. The van der Waals surface area contributed by atoms with E-state index in [2.05, 4.69) is 0 Å². The zero-order valence-electron chi connectivity index (χ0n) is 9.50. The van der Waals surface area contributed by atoms with Crippen LogP contribution in [0.1, 0.15) is 5.56 Å². The average Bonchev–Trinajstić information content (AvgIpc) is 2.38. The first-order valence-electron chi connectivity index (χ1n) is 5.54. The highest BCUT2D eigenvalue weighted by molar-refractivity contribution is 7.85. The van der Waals surface area contributed by atoms with Crippen molar-refractivity contribution in [2.45, 2.75) is 11.3 Å². The van der Waals surface area contributed by atoms with E-state index in [1.807, 2.05) is 54.6 Å². The number of hydrogen-bond donors (Lipinski definition) is 1. The quantitative estimate of drug-likeness (QED) is 0.841. The lowest BCUT2D eigenvalue weighted by Crippen LogP contribution is -2.03. The highest BCUT2D eigenvalue weighted by atomic mass is 32.2. The number of nitrogen functional groups attached to an aromatic ring is 1. The first-order valence-corrected chi connectivity index (χ1v) is 6.86. The van der Waals surface area contributed by atoms with Crippen LogP contribution in [0.2, 0.25) is 0 Å². The molecule has 0 aliphatic heterocycles. The monoisotopic (exact) mass is 245 g/mol. The van der Waals surface area contributed by atoms with Crippen LogP contribution < -0.4 is 5.73 Å². The second-order valence-electron chi connectivity index (χ2n) is 3.81. The van der Waals surface area contributed by atoms with Crippen molar-refractivity contribution in [2.24, 2.45) is 0 Å². The van der Waals surface area contributed by atoms with Crippen molar-refractivity contribution >= 4 is 16.5 Å². The molecule has 0 saturated carbocycles. The Hall–Kier alpha value is -1.61. The van der Waals surface area contributed by atoms with Crippen molar-refractivity contribution in [1.29, 1.82) is 0 Å². The van der Waals surface area contributed by atoms with E-state index in [1.54, 1.807) is 0 Å². The number of aryl methyl sites for hydroxylation is 1. The molecule has 1 unspecified atom stereocenters. The normalized spacial score (nSPS) is 12.2. The van der Waals surface area contributed by atoms with Gasteiger partial charge in [-0.15, -0.1) is 0 Å². The lowest BCUT2D eigenvalue weighted by atomic mass is 10.1. The molecule has 0 heterocycles. The highest BCUT2D eigenvalue weighted by Crippen LogP contribution is 2.13. The summed E-state index contributed by atoms with van der Waals surface area (Å²) in [5.41, 5.74) is 7.69. The van der Waals surface area contributed by atoms with E-state index in [4.69, 9.17) is 5.73 Å². The zero-order valence-corrected chi connectivity index (χ0v) is 10.3. The minimum atomic E-state index is -0.948. The molecule has 2 rings (SSSR count). The summed E-state index contributed by atoms with van der Waals surface area (Å²) in [7, 11) is -0.948. The van der Waals surface area contributed by atoms with E-state index < -0.39 is 10.8 Å². The van der Waals surface area contributed by atoms with E-state index in [-0.39, 0.29) is 0 Å². The zero-order chi connectivity index (χ0) is 12.1. The summed E-state index contributed by atoms with van der Waals surface area (Å²) in [6, 6.07) is 17.3. The van der Waals surface area contributed by atoms with E-state index in [0.717, 1.165) is 22.6 Å². The summed E-state index contributed by atoms with van der Waals surface area (Å²) in [5, 5.41) is 0. The maximum Gasteiger partial charge on any atom is 0.0532 e. The number of hydrogen-bond acceptors (Lipinski definition) is 2. The van der Waals surface area contributed by atoms with Gasteiger partial charge < -0.3 is 5.73 Å². The van der Waals surface area contributed by atoms with Gasteiger partial charge in [-0.2, -0.15) is 0 Å². The van der Waals surface area contributed by atoms with Crippen LogP contribution in [0.15, 0.2) is 59.5 Å². The van der Waals surface area contributed by atoms with Crippen molar-refractivity contribution in [3.63, 3.8) is 0 Å². The van der Waals surface area contributed by atoms with E-state index in [1.165, 1.54) is 0 Å². The topological polar surface area (TPSA) is 43.1 Å². The Kier molecular flexibility index (Phi) is 3.94. The molecule has 1 atom stereocenters. The first kappa shape index (κ1) is 11.9. The number of nitrogens with two attached hydrogens (primary N) is 1. The van der Waals surface area contributed by atoms with Crippen LogP contribution in [0, 0.1) is 0 Å². The van der Waals surface area contributed by atoms with Crippen LogP contribution in [0.3, 0.4) is 0 Å². The molecule has 0 amide bonds. The van der Waals surface area contributed by atoms with Gasteiger partial charge in [-0.1, -0.05) is 36.4 Å². The predicted molar refractivity (Wildman–Crippen MR) is 72.3 cm³/mol. The van der Waals surface area contributed by atoms with Crippen molar-refractivity contribution in [3.05, 3.63) is 60.2 Å². The summed E-state index contributed by atoms with van der Waals surface area (Å²) in [4.78, 5) is 0.877. The van der Waals surface area contributed by atoms with Crippen molar-refractivity contribution in [2.75, 3.05) is 11.5 Å². The molecule has 0 aliphatic rings. The minimum Gasteiger partial charge on any atom is -0.399 e. The molecule has 88 valence electrons. The molecule has 0 radical (unpaired) electrons. The lowest BCUT2D eigenvalue weighted by molar-refractivity contribution is 0.682. The largest absolute Gasteiger partial charge is 0.399 e. The SMILES string of the molecule is Nc1ccccc1CCS(=O)c1ccccc1. The van der Waals surface area contributed by atoms with E-state index in [0.29, 0.717) is 5.75 Å². The molecule has 0 aromatic heterocycles. The maximum absolute atomic E-state index is 12.0. The summed E-state index contributed by atoms with van der Waals surface area (Å²) in [5.74, 6) is 0.609. The Balaban J connectivity index is 2.00. The second-order valence-corrected chi connectivity index (χ2v) is 5.38. The Morgan fingerprint density at radius 2 is 1.59 bits per heavy atom. The van der Waals surface area contributed by atoms with Gasteiger partial charge in [-0.05, 0) is 30.2 Å². The predicted octanol–water partition coefficient (Wildman–Crippen LogP) is 2.62. The third-order valence-corrected chi connectivity index (χ3v) is 3.99. The third-order valence-electron chi connectivity index (χ3n) is 2.62. The number of rotatable bonds is 4. The maximum atomic E-state index is 12.0. The van der Waals surface area contributed by atoms with Crippen LogP contribution in [-0.4, -0.2) is 9.96 Å².